The molecule has 0 spiro atoms. The average molecular weight is 439 g/mol. The predicted molar refractivity (Wildman–Crippen MR) is 118 cm³/mol. The zero-order valence-electron chi connectivity index (χ0n) is 16.8. The maximum Gasteiger partial charge on any atom is 0.307 e. The van der Waals surface area contributed by atoms with Crippen molar-refractivity contribution in [3.63, 3.8) is 0 Å². The number of hydrogen-bond donors (Lipinski definition) is 2. The van der Waals surface area contributed by atoms with Gasteiger partial charge in [-0.2, -0.15) is 0 Å². The summed E-state index contributed by atoms with van der Waals surface area (Å²) in [4.78, 5) is 36.9. The molecule has 0 atom stereocenters. The molecule has 2 heterocycles. The van der Waals surface area contributed by atoms with Gasteiger partial charge in [0.15, 0.2) is 11.5 Å². The van der Waals surface area contributed by atoms with E-state index in [-0.39, 0.29) is 29.9 Å². The largest absolute Gasteiger partial charge is 0.454 e. The summed E-state index contributed by atoms with van der Waals surface area (Å²) in [7, 11) is 0. The summed E-state index contributed by atoms with van der Waals surface area (Å²) < 4.78 is 12.3. The summed E-state index contributed by atoms with van der Waals surface area (Å²) in [5.41, 5.74) is 2.22. The van der Waals surface area contributed by atoms with Crippen molar-refractivity contribution in [1.82, 2.24) is 4.57 Å². The zero-order valence-corrected chi connectivity index (χ0v) is 17.7. The molecule has 0 radical (unpaired) electrons. The second kappa shape index (κ2) is 9.05. The lowest BCUT2D eigenvalue weighted by Gasteiger charge is -2.12. The number of para-hydroxylation sites is 1. The van der Waals surface area contributed by atoms with Crippen LogP contribution >= 0.6 is 11.3 Å². The molecule has 0 saturated heterocycles. The first-order chi connectivity index (χ1) is 15.0. The SMILES string of the molecule is Cc1csc(=O)n1CCCC(=O)Nc1ccccc1C(=O)Nc1ccc2c(c1)OCO2. The number of nitrogens with zero attached hydrogens (tertiary/aromatic N) is 1. The Morgan fingerprint density at radius 3 is 2.71 bits per heavy atom. The lowest BCUT2D eigenvalue weighted by Crippen LogP contribution is -2.19. The summed E-state index contributed by atoms with van der Waals surface area (Å²) in [5.74, 6) is 0.629. The van der Waals surface area contributed by atoms with Gasteiger partial charge in [-0.05, 0) is 37.6 Å². The van der Waals surface area contributed by atoms with Gasteiger partial charge in [-0.3, -0.25) is 14.4 Å². The van der Waals surface area contributed by atoms with Gasteiger partial charge in [-0.25, -0.2) is 0 Å². The quantitative estimate of drug-likeness (QED) is 0.586. The number of ether oxygens (including phenoxy) is 2. The van der Waals surface area contributed by atoms with Crippen molar-refractivity contribution in [3.05, 3.63) is 68.8 Å². The van der Waals surface area contributed by atoms with Crippen LogP contribution in [-0.4, -0.2) is 23.2 Å². The molecular formula is C22H21N3O5S. The van der Waals surface area contributed by atoms with E-state index in [2.05, 4.69) is 10.6 Å². The van der Waals surface area contributed by atoms with E-state index in [1.54, 1.807) is 52.4 Å². The average Bonchev–Trinajstić information content (AvgIpc) is 3.35. The number of anilines is 2. The summed E-state index contributed by atoms with van der Waals surface area (Å²) in [6.07, 6.45) is 0.759. The van der Waals surface area contributed by atoms with Gasteiger partial charge in [-0.15, -0.1) is 0 Å². The molecular weight excluding hydrogens is 418 g/mol. The van der Waals surface area contributed by atoms with E-state index >= 15 is 0 Å². The molecule has 4 rings (SSSR count). The smallest absolute Gasteiger partial charge is 0.307 e. The highest BCUT2D eigenvalue weighted by atomic mass is 32.1. The topological polar surface area (TPSA) is 98.7 Å². The molecule has 3 aromatic rings. The van der Waals surface area contributed by atoms with Crippen molar-refractivity contribution in [2.75, 3.05) is 17.4 Å². The van der Waals surface area contributed by atoms with Crippen LogP contribution in [-0.2, 0) is 11.3 Å². The van der Waals surface area contributed by atoms with E-state index in [1.165, 1.54) is 0 Å². The van der Waals surface area contributed by atoms with Crippen molar-refractivity contribution < 1.29 is 19.1 Å². The number of fused-ring (bicyclic) bond motifs is 1. The van der Waals surface area contributed by atoms with E-state index in [1.807, 2.05) is 6.92 Å². The Bertz CT molecular complexity index is 1180. The summed E-state index contributed by atoms with van der Waals surface area (Å²) in [5, 5.41) is 7.42. The lowest BCUT2D eigenvalue weighted by molar-refractivity contribution is -0.116. The van der Waals surface area contributed by atoms with Gasteiger partial charge in [-0.1, -0.05) is 23.5 Å². The number of thiazole rings is 1. The fourth-order valence-electron chi connectivity index (χ4n) is 3.25. The van der Waals surface area contributed by atoms with E-state index < -0.39 is 0 Å². The van der Waals surface area contributed by atoms with Gasteiger partial charge >= 0.3 is 4.87 Å². The van der Waals surface area contributed by atoms with Crippen LogP contribution in [0.25, 0.3) is 0 Å². The fraction of sp³-hybridized carbons (Fsp3) is 0.227. The van der Waals surface area contributed by atoms with E-state index in [0.717, 1.165) is 17.0 Å². The Labute approximate surface area is 182 Å². The number of aromatic nitrogens is 1. The molecule has 1 aliphatic heterocycles. The van der Waals surface area contributed by atoms with Gasteiger partial charge in [0.05, 0.1) is 11.3 Å². The lowest BCUT2D eigenvalue weighted by atomic mass is 10.1. The molecule has 2 N–H and O–H groups in total. The number of nitrogens with one attached hydrogen (secondary N) is 2. The van der Waals surface area contributed by atoms with E-state index in [4.69, 9.17) is 9.47 Å². The van der Waals surface area contributed by atoms with Crippen LogP contribution in [0.1, 0.15) is 28.9 Å². The summed E-state index contributed by atoms with van der Waals surface area (Å²) >= 11 is 1.15. The first kappa shape index (κ1) is 20.7. The minimum Gasteiger partial charge on any atom is -0.454 e. The van der Waals surface area contributed by atoms with Crippen LogP contribution in [0.5, 0.6) is 11.5 Å². The highest BCUT2D eigenvalue weighted by molar-refractivity contribution is 7.07. The molecule has 0 fully saturated rings. The highest BCUT2D eigenvalue weighted by Crippen LogP contribution is 2.34. The highest BCUT2D eigenvalue weighted by Gasteiger charge is 2.17. The minimum absolute atomic E-state index is 0.0246. The van der Waals surface area contributed by atoms with Crippen molar-refractivity contribution in [2.24, 2.45) is 0 Å². The molecule has 160 valence electrons. The van der Waals surface area contributed by atoms with Crippen LogP contribution in [0.3, 0.4) is 0 Å². The molecule has 0 bridgehead atoms. The Morgan fingerprint density at radius 1 is 1.10 bits per heavy atom. The maximum absolute atomic E-state index is 12.8. The minimum atomic E-state index is -0.352. The molecule has 1 aromatic heterocycles. The first-order valence-electron chi connectivity index (χ1n) is 9.76. The number of hydrogen-bond acceptors (Lipinski definition) is 6. The monoisotopic (exact) mass is 439 g/mol. The van der Waals surface area contributed by atoms with E-state index in [0.29, 0.717) is 41.4 Å². The second-order valence-corrected chi connectivity index (χ2v) is 7.83. The Morgan fingerprint density at radius 2 is 1.90 bits per heavy atom. The van der Waals surface area contributed by atoms with Crippen molar-refractivity contribution in [1.29, 1.82) is 0 Å². The number of aryl methyl sites for hydroxylation is 1. The standard InChI is InChI=1S/C22H21N3O5S/c1-14-12-31-22(28)25(14)10-4-7-20(26)24-17-6-3-2-5-16(17)21(27)23-15-8-9-18-19(11-15)30-13-29-18/h2-3,5-6,8-9,11-12H,4,7,10,13H2,1H3,(H,23,27)(H,24,26). The molecule has 9 heteroatoms. The summed E-state index contributed by atoms with van der Waals surface area (Å²) in [6, 6.07) is 12.0. The molecule has 2 amide bonds. The number of carbonyl (C=O) groups excluding carboxylic acids is 2. The van der Waals surface area contributed by atoms with Crippen molar-refractivity contribution in [3.8, 4) is 11.5 Å². The van der Waals surface area contributed by atoms with Gasteiger partial charge in [0.25, 0.3) is 5.91 Å². The van der Waals surface area contributed by atoms with Gasteiger partial charge < -0.3 is 24.7 Å². The third-order valence-electron chi connectivity index (χ3n) is 4.84. The third-order valence-corrected chi connectivity index (χ3v) is 5.72. The normalized spacial score (nSPS) is 11.9. The number of carbonyl (C=O) groups is 2. The van der Waals surface area contributed by atoms with Crippen LogP contribution in [0.15, 0.2) is 52.6 Å². The summed E-state index contributed by atoms with van der Waals surface area (Å²) in [6.45, 7) is 2.50. The molecule has 1 aliphatic rings. The van der Waals surface area contributed by atoms with Crippen molar-refractivity contribution >= 4 is 34.5 Å². The predicted octanol–water partition coefficient (Wildman–Crippen LogP) is 3.62. The van der Waals surface area contributed by atoms with E-state index in [9.17, 15) is 14.4 Å². The van der Waals surface area contributed by atoms with Gasteiger partial charge in [0, 0.05) is 35.8 Å². The first-order valence-corrected chi connectivity index (χ1v) is 10.6. The molecule has 0 unspecified atom stereocenters. The molecule has 0 saturated carbocycles. The number of amides is 2. The number of rotatable bonds is 7. The van der Waals surface area contributed by atoms with Crippen LogP contribution in [0.4, 0.5) is 11.4 Å². The Balaban J connectivity index is 1.38. The zero-order chi connectivity index (χ0) is 21.8. The molecule has 31 heavy (non-hydrogen) atoms. The Hall–Kier alpha value is -3.59. The number of benzene rings is 2. The van der Waals surface area contributed by atoms with Crippen LogP contribution in [0, 0.1) is 6.92 Å². The molecule has 0 aliphatic carbocycles. The Kier molecular flexibility index (Phi) is 6.03. The second-order valence-electron chi connectivity index (χ2n) is 7.01. The van der Waals surface area contributed by atoms with Gasteiger partial charge in [0.1, 0.15) is 0 Å². The molecule has 8 nitrogen and oxygen atoms in total. The maximum atomic E-state index is 12.8. The van der Waals surface area contributed by atoms with Crippen LogP contribution in [0.2, 0.25) is 0 Å². The molecule has 2 aromatic carbocycles. The van der Waals surface area contributed by atoms with Gasteiger partial charge in [0.2, 0.25) is 12.7 Å². The van der Waals surface area contributed by atoms with Crippen molar-refractivity contribution in [2.45, 2.75) is 26.3 Å². The van der Waals surface area contributed by atoms with Crippen LogP contribution < -0.4 is 25.0 Å². The third kappa shape index (κ3) is 4.77. The fourth-order valence-corrected chi connectivity index (χ4v) is 4.01.